The molecule has 0 aromatic carbocycles. The van der Waals surface area contributed by atoms with E-state index >= 15 is 0 Å². The number of aromatic nitrogens is 2. The molecule has 0 amide bonds. The molecule has 0 spiro atoms. The average Bonchev–Trinajstić information content (AvgIpc) is 2.76. The molecule has 0 aliphatic heterocycles. The highest BCUT2D eigenvalue weighted by Crippen LogP contribution is 2.34. The van der Waals surface area contributed by atoms with Crippen molar-refractivity contribution in [1.82, 2.24) is 9.78 Å². The van der Waals surface area contributed by atoms with Crippen LogP contribution < -0.4 is 11.1 Å². The Bertz CT molecular complexity index is 396. The van der Waals surface area contributed by atoms with Crippen molar-refractivity contribution in [3.8, 4) is 0 Å². The van der Waals surface area contributed by atoms with Gasteiger partial charge in [0.1, 0.15) is 5.82 Å². The Labute approximate surface area is 104 Å². The molecule has 3 atom stereocenters. The number of nitrogens with zero attached hydrogens (tertiary/aromatic N) is 2. The van der Waals surface area contributed by atoms with E-state index in [1.807, 2.05) is 11.7 Å². The first-order chi connectivity index (χ1) is 8.04. The van der Waals surface area contributed by atoms with Gasteiger partial charge in [-0.15, -0.1) is 0 Å². The molecule has 4 heteroatoms. The lowest BCUT2D eigenvalue weighted by Crippen LogP contribution is -2.25. The van der Waals surface area contributed by atoms with E-state index in [0.717, 1.165) is 29.5 Å². The van der Waals surface area contributed by atoms with Crippen LogP contribution in [0.5, 0.6) is 0 Å². The van der Waals surface area contributed by atoms with E-state index in [1.165, 1.54) is 12.8 Å². The van der Waals surface area contributed by atoms with Crippen molar-refractivity contribution < 1.29 is 0 Å². The summed E-state index contributed by atoms with van der Waals surface area (Å²) >= 11 is 0. The van der Waals surface area contributed by atoms with E-state index in [0.29, 0.717) is 12.0 Å². The molecule has 0 saturated heterocycles. The van der Waals surface area contributed by atoms with Crippen LogP contribution in [0.3, 0.4) is 0 Å². The number of nitrogens with one attached hydrogen (secondary N) is 1. The molecule has 1 aliphatic carbocycles. The fourth-order valence-corrected chi connectivity index (χ4v) is 2.77. The number of aryl methyl sites for hydroxylation is 2. The molecule has 4 nitrogen and oxygen atoms in total. The van der Waals surface area contributed by atoms with Crippen molar-refractivity contribution in [2.45, 2.75) is 46.1 Å². The molecule has 3 unspecified atom stereocenters. The highest BCUT2D eigenvalue weighted by atomic mass is 15.3. The smallest absolute Gasteiger partial charge is 0.148 e. The van der Waals surface area contributed by atoms with Gasteiger partial charge in [-0.05, 0) is 31.1 Å². The Morgan fingerprint density at radius 1 is 1.41 bits per heavy atom. The van der Waals surface area contributed by atoms with E-state index in [-0.39, 0.29) is 0 Å². The third-order valence-corrected chi connectivity index (χ3v) is 4.28. The normalized spacial score (nSPS) is 28.6. The van der Waals surface area contributed by atoms with Gasteiger partial charge >= 0.3 is 0 Å². The van der Waals surface area contributed by atoms with Crippen LogP contribution >= 0.6 is 0 Å². The van der Waals surface area contributed by atoms with Gasteiger partial charge in [0.25, 0.3) is 0 Å². The SMILES string of the molecule is CCc1nn(C)c(NC2CCC(C)C2C)c1N. The van der Waals surface area contributed by atoms with E-state index in [9.17, 15) is 0 Å². The second kappa shape index (κ2) is 4.59. The summed E-state index contributed by atoms with van der Waals surface area (Å²) in [5.74, 6) is 2.50. The largest absolute Gasteiger partial charge is 0.394 e. The highest BCUT2D eigenvalue weighted by Gasteiger charge is 2.30. The lowest BCUT2D eigenvalue weighted by Gasteiger charge is -2.21. The lowest BCUT2D eigenvalue weighted by molar-refractivity contribution is 0.434. The summed E-state index contributed by atoms with van der Waals surface area (Å²) < 4.78 is 1.88. The third kappa shape index (κ3) is 2.13. The van der Waals surface area contributed by atoms with E-state index in [2.05, 4.69) is 31.2 Å². The van der Waals surface area contributed by atoms with E-state index in [1.54, 1.807) is 0 Å². The molecule has 1 aliphatic rings. The van der Waals surface area contributed by atoms with Crippen LogP contribution in [-0.2, 0) is 13.5 Å². The van der Waals surface area contributed by atoms with Crippen molar-refractivity contribution in [3.05, 3.63) is 5.69 Å². The predicted molar refractivity (Wildman–Crippen MR) is 72.0 cm³/mol. The summed E-state index contributed by atoms with van der Waals surface area (Å²) in [6, 6.07) is 0.535. The van der Waals surface area contributed by atoms with Crippen LogP contribution in [0.2, 0.25) is 0 Å². The Morgan fingerprint density at radius 3 is 2.59 bits per heavy atom. The summed E-state index contributed by atoms with van der Waals surface area (Å²) in [7, 11) is 1.96. The van der Waals surface area contributed by atoms with Crippen LogP contribution in [0.4, 0.5) is 11.5 Å². The quantitative estimate of drug-likeness (QED) is 0.847. The minimum atomic E-state index is 0.535. The molecule has 2 rings (SSSR count). The first-order valence-corrected chi connectivity index (χ1v) is 6.62. The second-order valence-electron chi connectivity index (χ2n) is 5.35. The van der Waals surface area contributed by atoms with Crippen molar-refractivity contribution in [2.24, 2.45) is 18.9 Å². The van der Waals surface area contributed by atoms with Gasteiger partial charge in [0, 0.05) is 13.1 Å². The lowest BCUT2D eigenvalue weighted by atomic mass is 9.98. The van der Waals surface area contributed by atoms with Crippen LogP contribution in [-0.4, -0.2) is 15.8 Å². The predicted octanol–water partition coefficient (Wildman–Crippen LogP) is 2.41. The van der Waals surface area contributed by atoms with Crippen molar-refractivity contribution in [2.75, 3.05) is 11.1 Å². The number of rotatable bonds is 3. The van der Waals surface area contributed by atoms with Crippen molar-refractivity contribution in [3.63, 3.8) is 0 Å². The number of hydrogen-bond donors (Lipinski definition) is 2. The zero-order chi connectivity index (χ0) is 12.6. The minimum Gasteiger partial charge on any atom is -0.394 e. The fourth-order valence-electron chi connectivity index (χ4n) is 2.77. The molecule has 0 radical (unpaired) electrons. The van der Waals surface area contributed by atoms with Crippen LogP contribution in [0.25, 0.3) is 0 Å². The molecular weight excluding hydrogens is 212 g/mol. The van der Waals surface area contributed by atoms with Crippen molar-refractivity contribution in [1.29, 1.82) is 0 Å². The second-order valence-corrected chi connectivity index (χ2v) is 5.35. The molecule has 17 heavy (non-hydrogen) atoms. The molecule has 1 saturated carbocycles. The molecular formula is C13H24N4. The maximum atomic E-state index is 6.13. The first-order valence-electron chi connectivity index (χ1n) is 6.62. The first kappa shape index (κ1) is 12.3. The zero-order valence-electron chi connectivity index (χ0n) is 11.3. The molecule has 96 valence electrons. The number of anilines is 2. The van der Waals surface area contributed by atoms with Gasteiger partial charge in [-0.3, -0.25) is 4.68 Å². The Balaban J connectivity index is 2.16. The molecule has 3 N–H and O–H groups in total. The number of hydrogen-bond acceptors (Lipinski definition) is 3. The van der Waals surface area contributed by atoms with Crippen LogP contribution in [0.1, 0.15) is 39.3 Å². The van der Waals surface area contributed by atoms with Crippen molar-refractivity contribution >= 4 is 11.5 Å². The van der Waals surface area contributed by atoms with Crippen LogP contribution in [0, 0.1) is 11.8 Å². The van der Waals surface area contributed by atoms with Gasteiger partial charge in [-0.2, -0.15) is 5.10 Å². The maximum absolute atomic E-state index is 6.13. The number of nitrogen functional groups attached to an aromatic ring is 1. The standard InChI is InChI=1S/C13H24N4/c1-5-10-12(14)13(17(4)16-10)15-11-7-6-8(2)9(11)3/h8-9,11,15H,5-7,14H2,1-4H3. The monoisotopic (exact) mass is 236 g/mol. The Hall–Kier alpha value is -1.19. The summed E-state index contributed by atoms with van der Waals surface area (Å²) in [6.07, 6.45) is 3.42. The topological polar surface area (TPSA) is 55.9 Å². The van der Waals surface area contributed by atoms with Gasteiger partial charge in [-0.25, -0.2) is 0 Å². The van der Waals surface area contributed by atoms with Gasteiger partial charge in [0.2, 0.25) is 0 Å². The fraction of sp³-hybridized carbons (Fsp3) is 0.769. The summed E-state index contributed by atoms with van der Waals surface area (Å²) in [4.78, 5) is 0. The summed E-state index contributed by atoms with van der Waals surface area (Å²) in [6.45, 7) is 6.74. The van der Waals surface area contributed by atoms with E-state index in [4.69, 9.17) is 5.73 Å². The molecule has 1 fully saturated rings. The average molecular weight is 236 g/mol. The van der Waals surface area contributed by atoms with E-state index < -0.39 is 0 Å². The molecule has 0 bridgehead atoms. The van der Waals surface area contributed by atoms with Gasteiger partial charge < -0.3 is 11.1 Å². The zero-order valence-corrected chi connectivity index (χ0v) is 11.3. The Morgan fingerprint density at radius 2 is 2.12 bits per heavy atom. The minimum absolute atomic E-state index is 0.535. The molecule has 1 aromatic rings. The van der Waals surface area contributed by atoms with Gasteiger partial charge in [0.15, 0.2) is 0 Å². The van der Waals surface area contributed by atoms with Gasteiger partial charge in [0.05, 0.1) is 11.4 Å². The maximum Gasteiger partial charge on any atom is 0.148 e. The molecule has 1 heterocycles. The third-order valence-electron chi connectivity index (χ3n) is 4.28. The molecule has 1 aromatic heterocycles. The van der Waals surface area contributed by atoms with Gasteiger partial charge in [-0.1, -0.05) is 20.8 Å². The number of nitrogens with two attached hydrogens (primary N) is 1. The Kier molecular flexibility index (Phi) is 3.31. The summed E-state index contributed by atoms with van der Waals surface area (Å²) in [5, 5.41) is 8.03. The highest BCUT2D eigenvalue weighted by molar-refractivity contribution is 5.65. The summed E-state index contributed by atoms with van der Waals surface area (Å²) in [5.41, 5.74) is 7.94. The van der Waals surface area contributed by atoms with Crippen LogP contribution in [0.15, 0.2) is 0 Å².